The molecule has 1 heterocycles. The highest BCUT2D eigenvalue weighted by Gasteiger charge is 2.35. The molecule has 2 aromatic carbocycles. The second kappa shape index (κ2) is 7.80. The second-order valence-electron chi connectivity index (χ2n) is 5.27. The smallest absolute Gasteiger partial charge is 0.270 e. The van der Waals surface area contributed by atoms with Crippen LogP contribution in [0, 0.1) is 0 Å². The first-order valence-electron chi connectivity index (χ1n) is 7.72. The van der Waals surface area contributed by atoms with Gasteiger partial charge in [-0.25, -0.2) is 0 Å². The van der Waals surface area contributed by atoms with Gasteiger partial charge in [0.2, 0.25) is 0 Å². The van der Waals surface area contributed by atoms with Crippen molar-refractivity contribution in [3.8, 4) is 17.2 Å². The number of nitrogens with zero attached hydrogens (tertiary/aromatic N) is 1. The number of methoxy groups -OCH3 is 3. The predicted molar refractivity (Wildman–Crippen MR) is 108 cm³/mol. The van der Waals surface area contributed by atoms with Crippen LogP contribution < -0.4 is 19.1 Å². The Morgan fingerprint density at radius 2 is 1.65 bits per heavy atom. The van der Waals surface area contributed by atoms with Gasteiger partial charge in [-0.3, -0.25) is 9.69 Å². The van der Waals surface area contributed by atoms with E-state index in [0.29, 0.717) is 32.2 Å². The van der Waals surface area contributed by atoms with Crippen LogP contribution in [0.3, 0.4) is 0 Å². The van der Waals surface area contributed by atoms with Crippen LogP contribution in [0.25, 0.3) is 6.08 Å². The number of amides is 1. The van der Waals surface area contributed by atoms with Crippen LogP contribution in [0.15, 0.2) is 47.4 Å². The van der Waals surface area contributed by atoms with Crippen LogP contribution in [-0.4, -0.2) is 31.6 Å². The Kier molecular flexibility index (Phi) is 5.49. The molecule has 3 rings (SSSR count). The highest BCUT2D eigenvalue weighted by atomic mass is 32.2. The van der Waals surface area contributed by atoms with Crippen LogP contribution in [0.4, 0.5) is 5.69 Å². The van der Waals surface area contributed by atoms with Gasteiger partial charge in [-0.1, -0.05) is 48.2 Å². The lowest BCUT2D eigenvalue weighted by Gasteiger charge is -2.17. The zero-order valence-corrected chi connectivity index (χ0v) is 16.1. The maximum absolute atomic E-state index is 13.0. The van der Waals surface area contributed by atoms with Gasteiger partial charge in [0.05, 0.1) is 31.9 Å². The van der Waals surface area contributed by atoms with Gasteiger partial charge in [0.1, 0.15) is 5.75 Å². The number of anilines is 1. The average Bonchev–Trinajstić information content (AvgIpc) is 2.94. The molecule has 0 aliphatic carbocycles. The number of carbonyl (C=O) groups excluding carboxylic acids is 1. The van der Waals surface area contributed by atoms with Gasteiger partial charge < -0.3 is 14.2 Å². The van der Waals surface area contributed by atoms with E-state index in [0.717, 1.165) is 5.56 Å². The summed E-state index contributed by atoms with van der Waals surface area (Å²) >= 11 is 6.67. The zero-order chi connectivity index (χ0) is 18.7. The van der Waals surface area contributed by atoms with Gasteiger partial charge in [-0.05, 0) is 24.3 Å². The first-order valence-corrected chi connectivity index (χ1v) is 8.95. The Morgan fingerprint density at radius 3 is 2.35 bits per heavy atom. The molecule has 0 unspecified atom stereocenters. The molecule has 1 amide bonds. The lowest BCUT2D eigenvalue weighted by atomic mass is 10.1. The third-order valence-electron chi connectivity index (χ3n) is 3.84. The largest absolute Gasteiger partial charge is 0.495 e. The van der Waals surface area contributed by atoms with Crippen LogP contribution in [0.1, 0.15) is 5.56 Å². The molecule has 1 aliphatic rings. The average molecular weight is 387 g/mol. The molecular weight excluding hydrogens is 370 g/mol. The number of thioether (sulfide) groups is 1. The second-order valence-corrected chi connectivity index (χ2v) is 6.95. The summed E-state index contributed by atoms with van der Waals surface area (Å²) < 4.78 is 16.5. The molecule has 1 aliphatic heterocycles. The molecule has 0 N–H and O–H groups in total. The minimum absolute atomic E-state index is 0.200. The minimum Gasteiger partial charge on any atom is -0.495 e. The Balaban J connectivity index is 2.01. The molecule has 0 radical (unpaired) electrons. The molecular formula is C19H17NO4S2. The Labute approximate surface area is 161 Å². The Morgan fingerprint density at radius 1 is 0.962 bits per heavy atom. The zero-order valence-electron chi connectivity index (χ0n) is 14.5. The van der Waals surface area contributed by atoms with Crippen molar-refractivity contribution < 1.29 is 19.0 Å². The summed E-state index contributed by atoms with van der Waals surface area (Å²) in [6.45, 7) is 0. The van der Waals surface area contributed by atoms with E-state index in [1.165, 1.54) is 16.7 Å². The molecule has 0 aromatic heterocycles. The van der Waals surface area contributed by atoms with E-state index in [1.54, 1.807) is 45.6 Å². The number of hydrogen-bond acceptors (Lipinski definition) is 6. The molecule has 1 saturated heterocycles. The third-order valence-corrected chi connectivity index (χ3v) is 5.14. The first-order chi connectivity index (χ1) is 12.6. The lowest BCUT2D eigenvalue weighted by molar-refractivity contribution is -0.113. The SMILES string of the molecule is COc1ccccc1N1C(=O)/C(=C/c2cccc(OC)c2OC)SC1=S. The summed E-state index contributed by atoms with van der Waals surface area (Å²) in [5.74, 6) is 1.55. The van der Waals surface area contributed by atoms with E-state index in [4.69, 9.17) is 26.4 Å². The van der Waals surface area contributed by atoms with Crippen LogP contribution in [0.5, 0.6) is 17.2 Å². The topological polar surface area (TPSA) is 48.0 Å². The fraction of sp³-hybridized carbons (Fsp3) is 0.158. The van der Waals surface area contributed by atoms with Crippen molar-refractivity contribution in [1.82, 2.24) is 0 Å². The van der Waals surface area contributed by atoms with Crippen molar-refractivity contribution in [1.29, 1.82) is 0 Å². The highest BCUT2D eigenvalue weighted by Crippen LogP contribution is 2.41. The molecule has 26 heavy (non-hydrogen) atoms. The summed E-state index contributed by atoms with van der Waals surface area (Å²) in [4.78, 5) is 15.0. The van der Waals surface area contributed by atoms with Crippen molar-refractivity contribution in [2.75, 3.05) is 26.2 Å². The van der Waals surface area contributed by atoms with Gasteiger partial charge in [-0.2, -0.15) is 0 Å². The minimum atomic E-state index is -0.200. The molecule has 0 spiro atoms. The number of rotatable bonds is 5. The van der Waals surface area contributed by atoms with Gasteiger partial charge in [0, 0.05) is 5.56 Å². The number of hydrogen-bond donors (Lipinski definition) is 0. The Bertz CT molecular complexity index is 895. The number of ether oxygens (including phenoxy) is 3. The van der Waals surface area contributed by atoms with Gasteiger partial charge in [0.15, 0.2) is 15.8 Å². The maximum Gasteiger partial charge on any atom is 0.270 e. The van der Waals surface area contributed by atoms with Gasteiger partial charge >= 0.3 is 0 Å². The molecule has 2 aromatic rings. The maximum atomic E-state index is 13.0. The molecule has 0 saturated carbocycles. The lowest BCUT2D eigenvalue weighted by Crippen LogP contribution is -2.27. The van der Waals surface area contributed by atoms with Crippen LogP contribution in [0.2, 0.25) is 0 Å². The van der Waals surface area contributed by atoms with Crippen molar-refractivity contribution >= 4 is 46.0 Å². The monoisotopic (exact) mass is 387 g/mol. The van der Waals surface area contributed by atoms with E-state index >= 15 is 0 Å². The number of para-hydroxylation sites is 3. The van der Waals surface area contributed by atoms with E-state index in [2.05, 4.69) is 0 Å². The van der Waals surface area contributed by atoms with E-state index < -0.39 is 0 Å². The molecule has 5 nitrogen and oxygen atoms in total. The van der Waals surface area contributed by atoms with Crippen molar-refractivity contribution in [2.45, 2.75) is 0 Å². The number of carbonyl (C=O) groups is 1. The quantitative estimate of drug-likeness (QED) is 0.568. The van der Waals surface area contributed by atoms with Crippen LogP contribution in [-0.2, 0) is 4.79 Å². The molecule has 7 heteroatoms. The Hall–Kier alpha value is -2.51. The van der Waals surface area contributed by atoms with Crippen molar-refractivity contribution in [3.05, 3.63) is 52.9 Å². The van der Waals surface area contributed by atoms with E-state index in [-0.39, 0.29) is 5.91 Å². The van der Waals surface area contributed by atoms with Gasteiger partial charge in [-0.15, -0.1) is 0 Å². The summed E-state index contributed by atoms with van der Waals surface area (Å²) in [6.07, 6.45) is 1.76. The first kappa shape index (κ1) is 18.3. The number of thiocarbonyl (C=S) groups is 1. The normalized spacial score (nSPS) is 15.5. The molecule has 0 atom stereocenters. The fourth-order valence-electron chi connectivity index (χ4n) is 2.66. The van der Waals surface area contributed by atoms with E-state index in [1.807, 2.05) is 24.3 Å². The summed E-state index contributed by atoms with van der Waals surface area (Å²) in [7, 11) is 4.70. The summed E-state index contributed by atoms with van der Waals surface area (Å²) in [6, 6.07) is 12.8. The summed E-state index contributed by atoms with van der Waals surface area (Å²) in [5.41, 5.74) is 1.37. The highest BCUT2D eigenvalue weighted by molar-refractivity contribution is 8.27. The fourth-order valence-corrected chi connectivity index (χ4v) is 3.93. The van der Waals surface area contributed by atoms with Crippen LogP contribution >= 0.6 is 24.0 Å². The predicted octanol–water partition coefficient (Wildman–Crippen LogP) is 4.12. The van der Waals surface area contributed by atoms with Crippen molar-refractivity contribution in [3.63, 3.8) is 0 Å². The standard InChI is InChI=1S/C19H17NO4S2/c1-22-14-9-5-4-8-13(14)20-18(21)16(26-19(20)25)11-12-7-6-10-15(23-2)17(12)24-3/h4-11H,1-3H3/b16-11-. The summed E-state index contributed by atoms with van der Waals surface area (Å²) in [5, 5.41) is 0. The molecule has 134 valence electrons. The third kappa shape index (κ3) is 3.27. The van der Waals surface area contributed by atoms with Crippen molar-refractivity contribution in [2.24, 2.45) is 0 Å². The molecule has 0 bridgehead atoms. The number of benzene rings is 2. The molecule has 1 fully saturated rings. The van der Waals surface area contributed by atoms with E-state index in [9.17, 15) is 4.79 Å². The van der Waals surface area contributed by atoms with Gasteiger partial charge in [0.25, 0.3) is 5.91 Å².